The van der Waals surface area contributed by atoms with Crippen LogP contribution in [0.1, 0.15) is 226 Å². The summed E-state index contributed by atoms with van der Waals surface area (Å²) in [5.74, 6) is -1.79. The smallest absolute Gasteiger partial charge is 0.472 e. The van der Waals surface area contributed by atoms with Gasteiger partial charge in [-0.1, -0.05) is 185 Å². The van der Waals surface area contributed by atoms with E-state index in [0.717, 1.165) is 57.8 Å². The van der Waals surface area contributed by atoms with Crippen molar-refractivity contribution in [2.75, 3.05) is 26.4 Å². The molecule has 3 atom stereocenters. The lowest BCUT2D eigenvalue weighted by Gasteiger charge is -2.20. The first-order valence-corrected chi connectivity index (χ1v) is 26.0. The molecule has 0 aliphatic heterocycles. The summed E-state index contributed by atoms with van der Waals surface area (Å²) in [6.45, 7) is 3.87. The Labute approximate surface area is 367 Å². The topological polar surface area (TPSA) is 155 Å². The fourth-order valence-electron chi connectivity index (χ4n) is 6.81. The molecule has 0 aliphatic carbocycles. The predicted molar refractivity (Wildman–Crippen MR) is 249 cm³/mol. The van der Waals surface area contributed by atoms with Gasteiger partial charge in [-0.15, -0.1) is 0 Å². The summed E-state index contributed by atoms with van der Waals surface area (Å²) in [5, 5.41) is 8.91. The number of phosphoric acid groups is 1. The molecule has 0 spiro atoms. The highest BCUT2D eigenvalue weighted by Crippen LogP contribution is 2.43. The molecule has 0 aromatic carbocycles. The van der Waals surface area contributed by atoms with Crippen molar-refractivity contribution in [1.82, 2.24) is 0 Å². The fourth-order valence-corrected chi connectivity index (χ4v) is 7.58. The molecule has 11 heteroatoms. The summed E-state index contributed by atoms with van der Waals surface area (Å²) in [6, 6.07) is -1.48. The zero-order valence-electron chi connectivity index (χ0n) is 38.6. The van der Waals surface area contributed by atoms with E-state index in [0.29, 0.717) is 13.0 Å². The van der Waals surface area contributed by atoms with Crippen molar-refractivity contribution in [3.63, 3.8) is 0 Å². The van der Waals surface area contributed by atoms with Crippen LogP contribution < -0.4 is 5.73 Å². The SMILES string of the molecule is CCCCCC/C=C\C/C=C\CCCCCCCC(=O)OC(COCCCCCCCCCCCC/C=C\CCCCCCCCCC)COP(=O)(O)OCC(N)C(=O)O. The minimum Gasteiger partial charge on any atom is -0.480 e. The number of hydrogen-bond acceptors (Lipinski definition) is 8. The van der Waals surface area contributed by atoms with Gasteiger partial charge in [0.05, 0.1) is 19.8 Å². The van der Waals surface area contributed by atoms with Gasteiger partial charge in [0, 0.05) is 13.0 Å². The highest BCUT2D eigenvalue weighted by Gasteiger charge is 2.27. The van der Waals surface area contributed by atoms with Crippen molar-refractivity contribution in [2.45, 2.75) is 238 Å². The van der Waals surface area contributed by atoms with Crippen molar-refractivity contribution >= 4 is 19.8 Å². The van der Waals surface area contributed by atoms with Gasteiger partial charge in [-0.2, -0.15) is 0 Å². The molecule has 0 saturated carbocycles. The summed E-state index contributed by atoms with van der Waals surface area (Å²) in [5.41, 5.74) is 5.37. The van der Waals surface area contributed by atoms with Crippen molar-refractivity contribution in [3.05, 3.63) is 36.5 Å². The Balaban J connectivity index is 4.16. The highest BCUT2D eigenvalue weighted by atomic mass is 31.2. The van der Waals surface area contributed by atoms with E-state index in [1.54, 1.807) is 0 Å². The summed E-state index contributed by atoms with van der Waals surface area (Å²) < 4.78 is 33.4. The number of ether oxygens (including phenoxy) is 2. The number of carboxylic acid groups (broad SMARTS) is 1. The van der Waals surface area contributed by atoms with Gasteiger partial charge in [0.25, 0.3) is 0 Å². The van der Waals surface area contributed by atoms with Crippen molar-refractivity contribution in [1.29, 1.82) is 0 Å². The van der Waals surface area contributed by atoms with E-state index in [2.05, 4.69) is 50.3 Å². The first kappa shape index (κ1) is 58.2. The molecule has 0 rings (SSSR count). The molecule has 0 heterocycles. The van der Waals surface area contributed by atoms with E-state index in [-0.39, 0.29) is 13.0 Å². The number of rotatable bonds is 47. The number of aliphatic carboxylic acids is 1. The van der Waals surface area contributed by atoms with Gasteiger partial charge in [-0.25, -0.2) is 4.57 Å². The van der Waals surface area contributed by atoms with Crippen LogP contribution in [0.3, 0.4) is 0 Å². The average Bonchev–Trinajstić information content (AvgIpc) is 3.23. The molecular weight excluding hydrogens is 778 g/mol. The highest BCUT2D eigenvalue weighted by molar-refractivity contribution is 7.47. The number of carboxylic acids is 1. The third-order valence-electron chi connectivity index (χ3n) is 10.6. The Morgan fingerprint density at radius 3 is 1.38 bits per heavy atom. The minimum atomic E-state index is -4.62. The predicted octanol–water partition coefficient (Wildman–Crippen LogP) is 14.0. The molecule has 0 saturated heterocycles. The molecule has 0 radical (unpaired) electrons. The van der Waals surface area contributed by atoms with E-state index in [1.165, 1.54) is 141 Å². The molecule has 60 heavy (non-hydrogen) atoms. The second kappa shape index (κ2) is 45.2. The van der Waals surface area contributed by atoms with Crippen LogP contribution in [0.25, 0.3) is 0 Å². The van der Waals surface area contributed by atoms with Gasteiger partial charge in [0.15, 0.2) is 0 Å². The van der Waals surface area contributed by atoms with Crippen LogP contribution in [0.4, 0.5) is 0 Å². The molecule has 4 N–H and O–H groups in total. The Hall–Kier alpha value is -1.81. The molecular formula is C49H92NO9P. The van der Waals surface area contributed by atoms with Gasteiger partial charge in [0.2, 0.25) is 0 Å². The number of unbranched alkanes of at least 4 members (excludes halogenated alkanes) is 27. The number of hydrogen-bond donors (Lipinski definition) is 3. The molecule has 0 aromatic heterocycles. The Kier molecular flexibility index (Phi) is 43.9. The molecule has 352 valence electrons. The molecule has 0 amide bonds. The zero-order valence-corrected chi connectivity index (χ0v) is 39.5. The number of nitrogens with two attached hydrogens (primary N) is 1. The van der Waals surface area contributed by atoms with Crippen LogP contribution in [-0.2, 0) is 32.7 Å². The van der Waals surface area contributed by atoms with Gasteiger partial charge in [-0.05, 0) is 70.6 Å². The molecule has 0 aromatic rings. The second-order valence-electron chi connectivity index (χ2n) is 16.6. The largest absolute Gasteiger partial charge is 0.480 e. The van der Waals surface area contributed by atoms with Crippen LogP contribution in [0.5, 0.6) is 0 Å². The standard InChI is InChI=1S/C49H92NO9P/c1-3-5-7-9-11-13-15-17-19-21-22-23-24-25-26-28-30-32-34-36-38-40-42-56-43-46(44-57-60(54,55)58-45-47(50)49(52)53)59-48(51)41-39-37-35-33-31-29-27-20-18-16-14-12-10-8-6-4-2/h14,16,20-22,27,46-47H,3-13,15,17-19,23-26,28-45,50H2,1-2H3,(H,52,53)(H,54,55)/b16-14-,22-21-,27-20-. The third-order valence-corrected chi connectivity index (χ3v) is 11.6. The molecule has 0 aliphatic rings. The average molecular weight is 870 g/mol. The number of carbonyl (C=O) groups is 2. The first-order chi connectivity index (χ1) is 29.2. The lowest BCUT2D eigenvalue weighted by Crippen LogP contribution is -2.34. The lowest BCUT2D eigenvalue weighted by atomic mass is 10.1. The van der Waals surface area contributed by atoms with Gasteiger partial charge in [-0.3, -0.25) is 18.6 Å². The lowest BCUT2D eigenvalue weighted by molar-refractivity contribution is -0.154. The van der Waals surface area contributed by atoms with E-state index < -0.39 is 45.1 Å². The van der Waals surface area contributed by atoms with Crippen LogP contribution in [0.2, 0.25) is 0 Å². The van der Waals surface area contributed by atoms with E-state index >= 15 is 0 Å². The maximum Gasteiger partial charge on any atom is 0.472 e. The first-order valence-electron chi connectivity index (χ1n) is 24.5. The summed E-state index contributed by atoms with van der Waals surface area (Å²) >= 11 is 0. The van der Waals surface area contributed by atoms with Crippen LogP contribution in [-0.4, -0.2) is 60.5 Å². The van der Waals surface area contributed by atoms with Crippen molar-refractivity contribution in [2.24, 2.45) is 5.73 Å². The summed E-state index contributed by atoms with van der Waals surface area (Å²) in [7, 11) is -4.62. The Morgan fingerprint density at radius 2 is 0.917 bits per heavy atom. The van der Waals surface area contributed by atoms with E-state index in [9.17, 15) is 19.0 Å². The second-order valence-corrected chi connectivity index (χ2v) is 18.0. The fraction of sp³-hybridized carbons (Fsp3) is 0.837. The minimum absolute atomic E-state index is 0.0116. The zero-order chi connectivity index (χ0) is 44.0. The summed E-state index contributed by atoms with van der Waals surface area (Å²) in [6.07, 6.45) is 52.0. The van der Waals surface area contributed by atoms with Crippen molar-refractivity contribution < 1.29 is 42.7 Å². The molecule has 10 nitrogen and oxygen atoms in total. The molecule has 0 fully saturated rings. The Bertz CT molecular complexity index is 1100. The van der Waals surface area contributed by atoms with Crippen LogP contribution in [0, 0.1) is 0 Å². The molecule has 3 unspecified atom stereocenters. The normalized spacial score (nSPS) is 14.1. The maximum absolute atomic E-state index is 12.7. The quantitative estimate of drug-likeness (QED) is 0.0233. The van der Waals surface area contributed by atoms with Gasteiger partial charge in [0.1, 0.15) is 12.1 Å². The molecule has 0 bridgehead atoms. The van der Waals surface area contributed by atoms with Crippen LogP contribution in [0.15, 0.2) is 36.5 Å². The number of carbonyl (C=O) groups excluding carboxylic acids is 1. The van der Waals surface area contributed by atoms with Gasteiger partial charge < -0.3 is 25.2 Å². The third kappa shape index (κ3) is 44.3. The number of esters is 1. The van der Waals surface area contributed by atoms with Crippen molar-refractivity contribution in [3.8, 4) is 0 Å². The van der Waals surface area contributed by atoms with E-state index in [4.69, 9.17) is 29.4 Å². The van der Waals surface area contributed by atoms with Gasteiger partial charge >= 0.3 is 19.8 Å². The van der Waals surface area contributed by atoms with Crippen LogP contribution >= 0.6 is 7.82 Å². The number of allylic oxidation sites excluding steroid dienone is 6. The maximum atomic E-state index is 12.7. The Morgan fingerprint density at radius 1 is 0.533 bits per heavy atom. The number of phosphoric ester groups is 1. The summed E-state index contributed by atoms with van der Waals surface area (Å²) in [4.78, 5) is 33.6. The van der Waals surface area contributed by atoms with E-state index in [1.807, 2.05) is 0 Å². The monoisotopic (exact) mass is 870 g/mol.